The van der Waals surface area contributed by atoms with Gasteiger partial charge in [-0.2, -0.15) is 0 Å². The minimum absolute atomic E-state index is 0.0403. The first kappa shape index (κ1) is 13.2. The van der Waals surface area contributed by atoms with Crippen molar-refractivity contribution in [2.45, 2.75) is 26.3 Å². The van der Waals surface area contributed by atoms with Gasteiger partial charge in [-0.3, -0.25) is 9.59 Å². The molecular weight excluding hydrogens is 218 g/mol. The first-order valence-electron chi connectivity index (χ1n) is 5.67. The van der Waals surface area contributed by atoms with Crippen molar-refractivity contribution < 1.29 is 14.7 Å². The van der Waals surface area contributed by atoms with Gasteiger partial charge in [0.15, 0.2) is 0 Å². The molecule has 0 saturated carbocycles. The maximum Gasteiger partial charge on any atom is 0.307 e. The molecule has 1 rings (SSSR count). The van der Waals surface area contributed by atoms with Gasteiger partial charge < -0.3 is 10.4 Å². The first-order valence-corrected chi connectivity index (χ1v) is 5.67. The molecule has 17 heavy (non-hydrogen) atoms. The van der Waals surface area contributed by atoms with Crippen LogP contribution in [0.4, 0.5) is 0 Å². The van der Waals surface area contributed by atoms with Gasteiger partial charge in [-0.05, 0) is 12.0 Å². The fraction of sp³-hybridized carbons (Fsp3) is 0.385. The topological polar surface area (TPSA) is 66.4 Å². The van der Waals surface area contributed by atoms with Crippen molar-refractivity contribution >= 4 is 11.9 Å². The normalized spacial score (nSPS) is 11.8. The molecule has 0 saturated heterocycles. The summed E-state index contributed by atoms with van der Waals surface area (Å²) in [6, 6.07) is 9.52. The molecule has 0 bridgehead atoms. The van der Waals surface area contributed by atoms with E-state index in [4.69, 9.17) is 5.11 Å². The van der Waals surface area contributed by atoms with E-state index in [9.17, 15) is 9.59 Å². The van der Waals surface area contributed by atoms with E-state index in [1.807, 2.05) is 30.3 Å². The van der Waals surface area contributed by atoms with Crippen molar-refractivity contribution in [3.63, 3.8) is 0 Å². The molecule has 1 unspecified atom stereocenters. The van der Waals surface area contributed by atoms with Crippen LogP contribution >= 0.6 is 0 Å². The predicted octanol–water partition coefficient (Wildman–Crippen LogP) is 1.80. The third kappa shape index (κ3) is 4.68. The molecule has 4 nitrogen and oxygen atoms in total. The van der Waals surface area contributed by atoms with Gasteiger partial charge in [0.2, 0.25) is 5.91 Å². The van der Waals surface area contributed by atoms with E-state index in [0.29, 0.717) is 13.0 Å². The molecule has 1 aromatic carbocycles. The number of carboxylic acid groups (broad SMARTS) is 1. The Morgan fingerprint density at radius 3 is 2.47 bits per heavy atom. The lowest BCUT2D eigenvalue weighted by atomic mass is 10.0. The van der Waals surface area contributed by atoms with Crippen LogP contribution in [0.3, 0.4) is 0 Å². The Balaban J connectivity index is 2.37. The third-order valence-corrected chi connectivity index (χ3v) is 2.61. The van der Waals surface area contributed by atoms with Gasteiger partial charge in [-0.1, -0.05) is 37.3 Å². The molecular formula is C13H17NO3. The Bertz CT molecular complexity index is 376. The van der Waals surface area contributed by atoms with Gasteiger partial charge in [0.1, 0.15) is 0 Å². The molecule has 0 aliphatic heterocycles. The highest BCUT2D eigenvalue weighted by Crippen LogP contribution is 2.08. The minimum atomic E-state index is -0.914. The van der Waals surface area contributed by atoms with Crippen LogP contribution < -0.4 is 5.32 Å². The van der Waals surface area contributed by atoms with Crippen molar-refractivity contribution in [1.29, 1.82) is 0 Å². The van der Waals surface area contributed by atoms with E-state index in [1.54, 1.807) is 6.92 Å². The summed E-state index contributed by atoms with van der Waals surface area (Å²) in [6.07, 6.45) is 0.507. The average molecular weight is 235 g/mol. The Hall–Kier alpha value is -1.84. The summed E-state index contributed by atoms with van der Waals surface area (Å²) in [4.78, 5) is 22.3. The Kier molecular flexibility index (Phi) is 5.20. The number of aliphatic carboxylic acids is 1. The lowest BCUT2D eigenvalue weighted by molar-refractivity contribution is -0.144. The second-order valence-electron chi connectivity index (χ2n) is 3.91. The molecule has 0 aliphatic carbocycles. The number of carbonyl (C=O) groups excluding carboxylic acids is 1. The lowest BCUT2D eigenvalue weighted by Gasteiger charge is -2.10. The first-order chi connectivity index (χ1) is 8.13. The second kappa shape index (κ2) is 6.68. The maximum atomic E-state index is 11.5. The number of carboxylic acids is 1. The fourth-order valence-electron chi connectivity index (χ4n) is 1.50. The zero-order valence-corrected chi connectivity index (χ0v) is 9.85. The van der Waals surface area contributed by atoms with Crippen LogP contribution in [0.5, 0.6) is 0 Å². The Morgan fingerprint density at radius 1 is 1.29 bits per heavy atom. The minimum Gasteiger partial charge on any atom is -0.481 e. The largest absolute Gasteiger partial charge is 0.481 e. The van der Waals surface area contributed by atoms with Crippen LogP contribution in [0, 0.1) is 5.92 Å². The van der Waals surface area contributed by atoms with Crippen LogP contribution in [0.25, 0.3) is 0 Å². The molecule has 0 fully saturated rings. The number of hydrogen-bond donors (Lipinski definition) is 2. The quantitative estimate of drug-likeness (QED) is 0.790. The molecule has 0 heterocycles. The van der Waals surface area contributed by atoms with Crippen molar-refractivity contribution in [1.82, 2.24) is 5.32 Å². The summed E-state index contributed by atoms with van der Waals surface area (Å²) in [5, 5.41) is 11.5. The van der Waals surface area contributed by atoms with Gasteiger partial charge in [-0.15, -0.1) is 0 Å². The summed E-state index contributed by atoms with van der Waals surface area (Å²) in [6.45, 7) is 2.21. The molecule has 92 valence electrons. The van der Waals surface area contributed by atoms with Crippen molar-refractivity contribution in [3.8, 4) is 0 Å². The van der Waals surface area contributed by atoms with E-state index in [2.05, 4.69) is 5.32 Å². The Labute approximate surface area is 101 Å². The van der Waals surface area contributed by atoms with Crippen molar-refractivity contribution in [2.24, 2.45) is 5.92 Å². The van der Waals surface area contributed by atoms with Crippen LogP contribution in [0.1, 0.15) is 25.3 Å². The predicted molar refractivity (Wildman–Crippen MR) is 64.3 cm³/mol. The van der Waals surface area contributed by atoms with Gasteiger partial charge in [0, 0.05) is 13.0 Å². The standard InChI is InChI=1S/C13H17NO3/c1-2-11(13(16)17)8-12(15)14-9-10-6-4-3-5-7-10/h3-7,11H,2,8-9H2,1H3,(H,14,15)(H,16,17). The molecule has 1 aromatic rings. The SMILES string of the molecule is CCC(CC(=O)NCc1ccccc1)C(=O)O. The number of hydrogen-bond acceptors (Lipinski definition) is 2. The number of carbonyl (C=O) groups is 2. The van der Waals surface area contributed by atoms with Crippen LogP contribution in [-0.4, -0.2) is 17.0 Å². The van der Waals surface area contributed by atoms with Crippen molar-refractivity contribution in [3.05, 3.63) is 35.9 Å². The van der Waals surface area contributed by atoms with Crippen LogP contribution in [0.15, 0.2) is 30.3 Å². The summed E-state index contributed by atoms with van der Waals surface area (Å²) in [5.41, 5.74) is 1.00. The van der Waals surface area contributed by atoms with Gasteiger partial charge in [0.05, 0.1) is 5.92 Å². The van der Waals surface area contributed by atoms with Gasteiger partial charge in [-0.25, -0.2) is 0 Å². The number of rotatable bonds is 6. The number of benzene rings is 1. The second-order valence-corrected chi connectivity index (χ2v) is 3.91. The highest BCUT2D eigenvalue weighted by Gasteiger charge is 2.18. The number of nitrogens with one attached hydrogen (secondary N) is 1. The fourth-order valence-corrected chi connectivity index (χ4v) is 1.50. The van der Waals surface area contributed by atoms with Crippen molar-refractivity contribution in [2.75, 3.05) is 0 Å². The maximum absolute atomic E-state index is 11.5. The molecule has 2 N–H and O–H groups in total. The zero-order chi connectivity index (χ0) is 12.7. The Morgan fingerprint density at radius 2 is 1.94 bits per heavy atom. The zero-order valence-electron chi connectivity index (χ0n) is 9.85. The number of amides is 1. The van der Waals surface area contributed by atoms with E-state index in [0.717, 1.165) is 5.56 Å². The van der Waals surface area contributed by atoms with Gasteiger partial charge in [0.25, 0.3) is 0 Å². The molecule has 0 radical (unpaired) electrons. The molecule has 4 heteroatoms. The highest BCUT2D eigenvalue weighted by molar-refractivity contribution is 5.82. The molecule has 1 atom stereocenters. The summed E-state index contributed by atoms with van der Waals surface area (Å²) in [7, 11) is 0. The van der Waals surface area contributed by atoms with E-state index in [-0.39, 0.29) is 12.3 Å². The van der Waals surface area contributed by atoms with Gasteiger partial charge >= 0.3 is 5.97 Å². The summed E-state index contributed by atoms with van der Waals surface area (Å²) in [5.74, 6) is -1.73. The smallest absolute Gasteiger partial charge is 0.307 e. The molecule has 0 aromatic heterocycles. The lowest BCUT2D eigenvalue weighted by Crippen LogP contribution is -2.27. The van der Waals surface area contributed by atoms with Crippen LogP contribution in [-0.2, 0) is 16.1 Å². The molecule has 1 amide bonds. The van der Waals surface area contributed by atoms with E-state index >= 15 is 0 Å². The van der Waals surface area contributed by atoms with E-state index in [1.165, 1.54) is 0 Å². The summed E-state index contributed by atoms with van der Waals surface area (Å²) >= 11 is 0. The van der Waals surface area contributed by atoms with E-state index < -0.39 is 11.9 Å². The average Bonchev–Trinajstić information content (AvgIpc) is 2.34. The monoisotopic (exact) mass is 235 g/mol. The summed E-state index contributed by atoms with van der Waals surface area (Å²) < 4.78 is 0. The highest BCUT2D eigenvalue weighted by atomic mass is 16.4. The third-order valence-electron chi connectivity index (χ3n) is 2.61. The van der Waals surface area contributed by atoms with Crippen LogP contribution in [0.2, 0.25) is 0 Å². The molecule has 0 spiro atoms. The molecule has 0 aliphatic rings.